The highest BCUT2D eigenvalue weighted by Gasteiger charge is 2.23. The summed E-state index contributed by atoms with van der Waals surface area (Å²) in [6, 6.07) is 0. The molecule has 1 aromatic rings. The maximum Gasteiger partial charge on any atom is 0.230 e. The quantitative estimate of drug-likeness (QED) is 0.839. The summed E-state index contributed by atoms with van der Waals surface area (Å²) in [6.45, 7) is 4.21. The molecule has 0 bridgehead atoms. The first kappa shape index (κ1) is 11.1. The SMILES string of the molecule is CC1CCNCC1Oc1ncncc1I. The van der Waals surface area contributed by atoms with Crippen LogP contribution in [0.2, 0.25) is 0 Å². The maximum atomic E-state index is 5.88. The predicted molar refractivity (Wildman–Crippen MR) is 65.8 cm³/mol. The topological polar surface area (TPSA) is 47.0 Å². The minimum Gasteiger partial charge on any atom is -0.472 e. The second kappa shape index (κ2) is 5.07. The van der Waals surface area contributed by atoms with Crippen LogP contribution in [-0.2, 0) is 0 Å². The molecular formula is C10H14IN3O. The molecule has 0 aromatic carbocycles. The molecule has 2 atom stereocenters. The summed E-state index contributed by atoms with van der Waals surface area (Å²) in [7, 11) is 0. The lowest BCUT2D eigenvalue weighted by molar-refractivity contribution is 0.108. The summed E-state index contributed by atoms with van der Waals surface area (Å²) in [6.07, 6.45) is 4.68. The van der Waals surface area contributed by atoms with Gasteiger partial charge in [-0.25, -0.2) is 9.97 Å². The number of nitrogens with zero attached hydrogens (tertiary/aromatic N) is 2. The standard InChI is InChI=1S/C10H14IN3O/c1-7-2-3-12-5-9(7)15-10-8(11)4-13-6-14-10/h4,6-7,9,12H,2-3,5H2,1H3. The minimum absolute atomic E-state index is 0.224. The van der Waals surface area contributed by atoms with Gasteiger partial charge in [-0.3, -0.25) is 0 Å². The van der Waals surface area contributed by atoms with Crippen LogP contribution in [0.15, 0.2) is 12.5 Å². The monoisotopic (exact) mass is 319 g/mol. The molecule has 0 radical (unpaired) electrons. The molecule has 1 aliphatic heterocycles. The average Bonchev–Trinajstić information content (AvgIpc) is 2.24. The van der Waals surface area contributed by atoms with Gasteiger partial charge >= 0.3 is 0 Å². The highest BCUT2D eigenvalue weighted by Crippen LogP contribution is 2.21. The van der Waals surface area contributed by atoms with Crippen molar-refractivity contribution in [2.75, 3.05) is 13.1 Å². The van der Waals surface area contributed by atoms with Gasteiger partial charge in [-0.2, -0.15) is 0 Å². The summed E-state index contributed by atoms with van der Waals surface area (Å²) in [5, 5.41) is 3.33. The normalized spacial score (nSPS) is 26.3. The number of hydrogen-bond donors (Lipinski definition) is 1. The zero-order chi connectivity index (χ0) is 10.7. The largest absolute Gasteiger partial charge is 0.472 e. The van der Waals surface area contributed by atoms with Crippen LogP contribution in [0, 0.1) is 9.49 Å². The molecule has 15 heavy (non-hydrogen) atoms. The van der Waals surface area contributed by atoms with Crippen LogP contribution in [-0.4, -0.2) is 29.2 Å². The summed E-state index contributed by atoms with van der Waals surface area (Å²) >= 11 is 2.19. The Bertz CT molecular complexity index is 334. The molecule has 1 aliphatic rings. The highest BCUT2D eigenvalue weighted by atomic mass is 127. The minimum atomic E-state index is 0.224. The predicted octanol–water partition coefficient (Wildman–Crippen LogP) is 1.46. The van der Waals surface area contributed by atoms with Gasteiger partial charge < -0.3 is 10.1 Å². The molecule has 1 fully saturated rings. The van der Waals surface area contributed by atoms with Gasteiger partial charge in [0.15, 0.2) is 0 Å². The first-order chi connectivity index (χ1) is 7.27. The molecule has 0 amide bonds. The molecular weight excluding hydrogens is 305 g/mol. The third-order valence-electron chi connectivity index (χ3n) is 2.65. The van der Waals surface area contributed by atoms with Crippen molar-refractivity contribution >= 4 is 22.6 Å². The van der Waals surface area contributed by atoms with E-state index in [4.69, 9.17) is 4.74 Å². The fourth-order valence-corrected chi connectivity index (χ4v) is 2.08. The van der Waals surface area contributed by atoms with E-state index in [2.05, 4.69) is 44.8 Å². The van der Waals surface area contributed by atoms with Crippen molar-refractivity contribution < 1.29 is 4.74 Å². The van der Waals surface area contributed by atoms with E-state index in [0.29, 0.717) is 11.8 Å². The molecule has 1 N–H and O–H groups in total. The first-order valence-electron chi connectivity index (χ1n) is 5.10. The Balaban J connectivity index is 2.04. The van der Waals surface area contributed by atoms with Crippen molar-refractivity contribution in [3.05, 3.63) is 16.1 Å². The van der Waals surface area contributed by atoms with E-state index in [0.717, 1.165) is 23.1 Å². The van der Waals surface area contributed by atoms with Crippen LogP contribution in [0.25, 0.3) is 0 Å². The van der Waals surface area contributed by atoms with Gasteiger partial charge in [-0.15, -0.1) is 0 Å². The second-order valence-corrected chi connectivity index (χ2v) is 4.96. The number of hydrogen-bond acceptors (Lipinski definition) is 4. The maximum absolute atomic E-state index is 5.88. The van der Waals surface area contributed by atoms with Gasteiger partial charge in [0.05, 0.1) is 3.57 Å². The number of aromatic nitrogens is 2. The molecule has 0 spiro atoms. The van der Waals surface area contributed by atoms with Crippen molar-refractivity contribution in [3.63, 3.8) is 0 Å². The van der Waals surface area contributed by atoms with Gasteiger partial charge in [0.1, 0.15) is 12.4 Å². The number of halogens is 1. The van der Waals surface area contributed by atoms with Crippen molar-refractivity contribution in [1.82, 2.24) is 15.3 Å². The Morgan fingerprint density at radius 2 is 2.47 bits per heavy atom. The summed E-state index contributed by atoms with van der Waals surface area (Å²) in [4.78, 5) is 8.08. The summed E-state index contributed by atoms with van der Waals surface area (Å²) < 4.78 is 6.84. The third kappa shape index (κ3) is 2.78. The van der Waals surface area contributed by atoms with Crippen molar-refractivity contribution in [2.45, 2.75) is 19.4 Å². The van der Waals surface area contributed by atoms with Gasteiger partial charge in [-0.05, 0) is 41.5 Å². The van der Waals surface area contributed by atoms with Crippen LogP contribution in [0.3, 0.4) is 0 Å². The second-order valence-electron chi connectivity index (χ2n) is 3.80. The van der Waals surface area contributed by atoms with E-state index in [9.17, 15) is 0 Å². The van der Waals surface area contributed by atoms with Crippen LogP contribution in [0.5, 0.6) is 5.88 Å². The van der Waals surface area contributed by atoms with Crippen LogP contribution in [0.4, 0.5) is 0 Å². The smallest absolute Gasteiger partial charge is 0.230 e. The van der Waals surface area contributed by atoms with Crippen LogP contribution in [0.1, 0.15) is 13.3 Å². The number of piperidine rings is 1. The number of ether oxygens (including phenoxy) is 1. The summed E-state index contributed by atoms with van der Waals surface area (Å²) in [5.74, 6) is 1.28. The fraction of sp³-hybridized carbons (Fsp3) is 0.600. The van der Waals surface area contributed by atoms with Crippen molar-refractivity contribution in [3.8, 4) is 5.88 Å². The van der Waals surface area contributed by atoms with E-state index in [-0.39, 0.29) is 6.10 Å². The van der Waals surface area contributed by atoms with Crippen LogP contribution < -0.4 is 10.1 Å². The molecule has 2 heterocycles. The Kier molecular flexibility index (Phi) is 3.74. The molecule has 0 saturated carbocycles. The van der Waals surface area contributed by atoms with Crippen molar-refractivity contribution in [2.24, 2.45) is 5.92 Å². The Morgan fingerprint density at radius 1 is 1.60 bits per heavy atom. The van der Waals surface area contributed by atoms with Gasteiger partial charge in [0.25, 0.3) is 0 Å². The molecule has 1 aromatic heterocycles. The zero-order valence-electron chi connectivity index (χ0n) is 8.61. The lowest BCUT2D eigenvalue weighted by Gasteiger charge is -2.29. The molecule has 4 nitrogen and oxygen atoms in total. The van der Waals surface area contributed by atoms with E-state index >= 15 is 0 Å². The third-order valence-corrected chi connectivity index (χ3v) is 3.39. The average molecular weight is 319 g/mol. The number of rotatable bonds is 2. The first-order valence-corrected chi connectivity index (χ1v) is 6.18. The molecule has 2 unspecified atom stereocenters. The van der Waals surface area contributed by atoms with E-state index in [1.807, 2.05) is 0 Å². The highest BCUT2D eigenvalue weighted by molar-refractivity contribution is 14.1. The van der Waals surface area contributed by atoms with Gasteiger partial charge in [-0.1, -0.05) is 6.92 Å². The Hall–Kier alpha value is -0.430. The van der Waals surface area contributed by atoms with Crippen molar-refractivity contribution in [1.29, 1.82) is 0 Å². The van der Waals surface area contributed by atoms with E-state index in [1.54, 1.807) is 6.20 Å². The molecule has 5 heteroatoms. The van der Waals surface area contributed by atoms with Gasteiger partial charge in [0.2, 0.25) is 5.88 Å². The van der Waals surface area contributed by atoms with E-state index in [1.165, 1.54) is 6.33 Å². The molecule has 2 rings (SSSR count). The molecule has 0 aliphatic carbocycles. The molecule has 82 valence electrons. The zero-order valence-corrected chi connectivity index (χ0v) is 10.8. The Morgan fingerprint density at radius 3 is 3.20 bits per heavy atom. The van der Waals surface area contributed by atoms with E-state index < -0.39 is 0 Å². The van der Waals surface area contributed by atoms with Gasteiger partial charge in [0, 0.05) is 12.7 Å². The lowest BCUT2D eigenvalue weighted by atomic mass is 9.97. The summed E-state index contributed by atoms with van der Waals surface area (Å²) in [5.41, 5.74) is 0. The number of nitrogens with one attached hydrogen (secondary N) is 1. The Labute approximate surface area is 103 Å². The fourth-order valence-electron chi connectivity index (χ4n) is 1.65. The molecule has 1 saturated heterocycles. The lowest BCUT2D eigenvalue weighted by Crippen LogP contribution is -2.43. The van der Waals surface area contributed by atoms with Crippen LogP contribution >= 0.6 is 22.6 Å².